The number of aromatic nitrogens is 3. The number of carbonyl (C=O) groups is 1. The molecule has 34 heavy (non-hydrogen) atoms. The number of rotatable bonds is 9. The molecule has 0 saturated heterocycles. The lowest BCUT2D eigenvalue weighted by molar-refractivity contribution is -0.121. The molecule has 0 atom stereocenters. The number of nitrogens with one attached hydrogen (secondary N) is 2. The van der Waals surface area contributed by atoms with Crippen LogP contribution in [0.3, 0.4) is 0 Å². The van der Waals surface area contributed by atoms with Crippen molar-refractivity contribution in [3.8, 4) is 28.6 Å². The molecule has 2 heterocycles. The zero-order chi connectivity index (χ0) is 23.3. The summed E-state index contributed by atoms with van der Waals surface area (Å²) in [5.74, 6) is 3.04. The maximum atomic E-state index is 12.5. The molecular weight excluding hydrogens is 436 g/mol. The van der Waals surface area contributed by atoms with Gasteiger partial charge in [-0.25, -0.2) is 0 Å². The van der Waals surface area contributed by atoms with E-state index in [0.717, 1.165) is 23.5 Å². The van der Waals surface area contributed by atoms with Gasteiger partial charge in [0.05, 0.1) is 6.61 Å². The third-order valence-corrected chi connectivity index (χ3v) is 6.12. The van der Waals surface area contributed by atoms with Gasteiger partial charge in [-0.2, -0.15) is 0 Å². The van der Waals surface area contributed by atoms with Crippen LogP contribution in [0.2, 0.25) is 0 Å². The molecule has 9 heteroatoms. The first-order chi connectivity index (χ1) is 16.6. The van der Waals surface area contributed by atoms with E-state index in [0.29, 0.717) is 29.8 Å². The van der Waals surface area contributed by atoms with E-state index in [-0.39, 0.29) is 36.8 Å². The van der Waals surface area contributed by atoms with Crippen molar-refractivity contribution in [1.82, 2.24) is 20.5 Å². The highest BCUT2D eigenvalue weighted by Crippen LogP contribution is 2.32. The van der Waals surface area contributed by atoms with E-state index < -0.39 is 0 Å². The fourth-order valence-corrected chi connectivity index (χ4v) is 3.81. The van der Waals surface area contributed by atoms with Gasteiger partial charge in [0.25, 0.3) is 5.56 Å². The number of aryl methyl sites for hydroxylation is 1. The Balaban J connectivity index is 1.11. The number of fused-ring (bicyclic) bond motifs is 1. The van der Waals surface area contributed by atoms with Crippen LogP contribution in [0.25, 0.3) is 11.4 Å². The Bertz CT molecular complexity index is 1220. The van der Waals surface area contributed by atoms with Crippen LogP contribution < -0.4 is 25.1 Å². The van der Waals surface area contributed by atoms with Crippen molar-refractivity contribution in [3.05, 3.63) is 64.1 Å². The maximum absolute atomic E-state index is 12.5. The van der Waals surface area contributed by atoms with E-state index in [1.165, 1.54) is 19.3 Å². The smallest absolute Gasteiger partial charge is 0.273 e. The summed E-state index contributed by atoms with van der Waals surface area (Å²) in [4.78, 5) is 27.4. The van der Waals surface area contributed by atoms with Crippen LogP contribution in [0.1, 0.15) is 36.9 Å². The lowest BCUT2D eigenvalue weighted by atomic mass is 9.86. The molecule has 2 N–H and O–H groups in total. The molecule has 0 spiro atoms. The van der Waals surface area contributed by atoms with Crippen LogP contribution >= 0.6 is 0 Å². The fraction of sp³-hybridized carbons (Fsp3) is 0.360. The number of hydrogen-bond donors (Lipinski definition) is 2. The van der Waals surface area contributed by atoms with Gasteiger partial charge >= 0.3 is 0 Å². The first-order valence-electron chi connectivity index (χ1n) is 11.5. The van der Waals surface area contributed by atoms with E-state index in [1.54, 1.807) is 0 Å². The second-order valence-corrected chi connectivity index (χ2v) is 8.55. The highest BCUT2D eigenvalue weighted by molar-refractivity contribution is 5.76. The molecule has 1 saturated carbocycles. The van der Waals surface area contributed by atoms with E-state index >= 15 is 0 Å². The van der Waals surface area contributed by atoms with E-state index in [2.05, 4.69) is 20.5 Å². The fourth-order valence-electron chi connectivity index (χ4n) is 3.81. The summed E-state index contributed by atoms with van der Waals surface area (Å²) in [5.41, 5.74) is 1.52. The zero-order valence-corrected chi connectivity index (χ0v) is 18.7. The van der Waals surface area contributed by atoms with Gasteiger partial charge < -0.3 is 24.5 Å². The van der Waals surface area contributed by atoms with Crippen LogP contribution in [0, 0.1) is 5.92 Å². The topological polar surface area (TPSA) is 115 Å². The minimum Gasteiger partial charge on any atom is -0.493 e. The van der Waals surface area contributed by atoms with Crippen molar-refractivity contribution in [1.29, 1.82) is 0 Å². The van der Waals surface area contributed by atoms with Crippen LogP contribution in [0.4, 0.5) is 0 Å². The monoisotopic (exact) mass is 462 g/mol. The van der Waals surface area contributed by atoms with Gasteiger partial charge in [0.2, 0.25) is 12.7 Å². The highest BCUT2D eigenvalue weighted by atomic mass is 16.7. The molecule has 9 nitrogen and oxygen atoms in total. The lowest BCUT2D eigenvalue weighted by Gasteiger charge is -2.25. The number of aromatic amines is 1. The zero-order valence-electron chi connectivity index (χ0n) is 18.7. The minimum absolute atomic E-state index is 0.134. The van der Waals surface area contributed by atoms with Crippen molar-refractivity contribution in [2.75, 3.05) is 13.4 Å². The van der Waals surface area contributed by atoms with Gasteiger partial charge in [-0.15, -0.1) is 10.2 Å². The van der Waals surface area contributed by atoms with Gasteiger partial charge in [-0.05, 0) is 60.7 Å². The SMILES string of the molecule is O=C(CCc1nnc(-c2ccc(OCC3CCC3)cc2)[nH]c1=O)NCc1ccc2c(c1)OCO2. The number of ether oxygens (including phenoxy) is 3. The normalized spacial score (nSPS) is 14.5. The highest BCUT2D eigenvalue weighted by Gasteiger charge is 2.18. The summed E-state index contributed by atoms with van der Waals surface area (Å²) in [6.45, 7) is 1.31. The molecule has 2 aliphatic rings. The Morgan fingerprint density at radius 2 is 1.91 bits per heavy atom. The Morgan fingerprint density at radius 3 is 2.68 bits per heavy atom. The maximum Gasteiger partial charge on any atom is 0.273 e. The van der Waals surface area contributed by atoms with Crippen molar-refractivity contribution >= 4 is 5.91 Å². The lowest BCUT2D eigenvalue weighted by Crippen LogP contribution is -2.25. The summed E-state index contributed by atoms with van der Waals surface area (Å²) >= 11 is 0. The van der Waals surface area contributed by atoms with Crippen molar-refractivity contribution in [2.45, 2.75) is 38.6 Å². The summed E-state index contributed by atoms with van der Waals surface area (Å²) in [6.07, 6.45) is 4.10. The Morgan fingerprint density at radius 1 is 1.09 bits per heavy atom. The van der Waals surface area contributed by atoms with Crippen molar-refractivity contribution in [3.63, 3.8) is 0 Å². The van der Waals surface area contributed by atoms with E-state index in [4.69, 9.17) is 14.2 Å². The van der Waals surface area contributed by atoms with Gasteiger partial charge in [0.1, 0.15) is 11.4 Å². The molecule has 1 aliphatic heterocycles. The van der Waals surface area contributed by atoms with Gasteiger partial charge in [-0.1, -0.05) is 12.5 Å². The molecule has 0 radical (unpaired) electrons. The molecule has 1 amide bonds. The summed E-state index contributed by atoms with van der Waals surface area (Å²) in [5, 5.41) is 11.0. The molecule has 5 rings (SSSR count). The van der Waals surface area contributed by atoms with Gasteiger partial charge in [0.15, 0.2) is 17.3 Å². The quantitative estimate of drug-likeness (QED) is 0.502. The van der Waals surface area contributed by atoms with Gasteiger partial charge in [-0.3, -0.25) is 9.59 Å². The third kappa shape index (κ3) is 5.19. The molecule has 1 aliphatic carbocycles. The first kappa shape index (κ1) is 21.9. The number of nitrogens with zero attached hydrogens (tertiary/aromatic N) is 2. The van der Waals surface area contributed by atoms with Crippen molar-refractivity contribution < 1.29 is 19.0 Å². The molecular formula is C25H26N4O5. The average molecular weight is 463 g/mol. The van der Waals surface area contributed by atoms with E-state index in [1.807, 2.05) is 42.5 Å². The van der Waals surface area contributed by atoms with Crippen molar-refractivity contribution in [2.24, 2.45) is 5.92 Å². The second kappa shape index (κ2) is 9.94. The number of amides is 1. The molecule has 1 fully saturated rings. The summed E-state index contributed by atoms with van der Waals surface area (Å²) < 4.78 is 16.4. The molecule has 0 bridgehead atoms. The Hall–Kier alpha value is -3.88. The van der Waals surface area contributed by atoms with Gasteiger partial charge in [0, 0.05) is 24.9 Å². The third-order valence-electron chi connectivity index (χ3n) is 6.12. The Labute approximate surface area is 196 Å². The summed E-state index contributed by atoms with van der Waals surface area (Å²) in [7, 11) is 0. The number of carbonyl (C=O) groups excluding carboxylic acids is 1. The number of benzene rings is 2. The van der Waals surface area contributed by atoms with Crippen LogP contribution in [0.15, 0.2) is 47.3 Å². The number of hydrogen-bond acceptors (Lipinski definition) is 7. The predicted octanol–water partition coefficient (Wildman–Crippen LogP) is 2.99. The molecule has 0 unspecified atom stereocenters. The average Bonchev–Trinajstić information content (AvgIpc) is 3.29. The van der Waals surface area contributed by atoms with Crippen LogP contribution in [0.5, 0.6) is 17.2 Å². The van der Waals surface area contributed by atoms with Crippen LogP contribution in [-0.4, -0.2) is 34.5 Å². The molecule has 1 aromatic heterocycles. The van der Waals surface area contributed by atoms with E-state index in [9.17, 15) is 9.59 Å². The number of H-pyrrole nitrogens is 1. The predicted molar refractivity (Wildman–Crippen MR) is 124 cm³/mol. The largest absolute Gasteiger partial charge is 0.493 e. The standard InChI is InChI=1S/C25H26N4O5/c30-23(26-13-17-4-10-21-22(12-17)34-15-33-21)11-9-20-25(31)27-24(29-28-20)18-5-7-19(8-6-18)32-14-16-2-1-3-16/h4-8,10,12,16H,1-3,9,11,13-15H2,(H,26,30)(H,27,29,31). The molecule has 2 aromatic carbocycles. The minimum atomic E-state index is -0.348. The summed E-state index contributed by atoms with van der Waals surface area (Å²) in [6, 6.07) is 13.0. The first-order valence-corrected chi connectivity index (χ1v) is 11.5. The molecule has 176 valence electrons. The van der Waals surface area contributed by atoms with Crippen LogP contribution in [-0.2, 0) is 17.8 Å². The molecule has 3 aromatic rings. The Kier molecular flexibility index (Phi) is 6.42. The second-order valence-electron chi connectivity index (χ2n) is 8.55.